The van der Waals surface area contributed by atoms with Crippen LogP contribution in [0.3, 0.4) is 0 Å². The molecule has 1 aromatic rings. The minimum absolute atomic E-state index is 0.00474. The van der Waals surface area contributed by atoms with Crippen molar-refractivity contribution in [2.75, 3.05) is 47.4 Å². The van der Waals surface area contributed by atoms with Crippen molar-refractivity contribution in [2.45, 2.75) is 18.9 Å². The Morgan fingerprint density at radius 3 is 2.65 bits per heavy atom. The van der Waals surface area contributed by atoms with Crippen LogP contribution in [-0.2, 0) is 0 Å². The van der Waals surface area contributed by atoms with Gasteiger partial charge in [-0.05, 0) is 51.2 Å². The quantitative estimate of drug-likeness (QED) is 0.812. The molecule has 1 saturated heterocycles. The van der Waals surface area contributed by atoms with Crippen molar-refractivity contribution in [3.63, 3.8) is 0 Å². The summed E-state index contributed by atoms with van der Waals surface area (Å²) in [4.78, 5) is 16.3. The molecule has 1 aliphatic rings. The SMILES string of the molecule is COc1ccc(OCCNC(=O)N2CCC[C@H](N(C)C)C2)cc1. The number of methoxy groups -OCH3 is 1. The average Bonchev–Trinajstić information content (AvgIpc) is 2.59. The summed E-state index contributed by atoms with van der Waals surface area (Å²) in [6.07, 6.45) is 2.20. The van der Waals surface area contributed by atoms with Gasteiger partial charge in [-0.2, -0.15) is 0 Å². The van der Waals surface area contributed by atoms with Crippen LogP contribution in [-0.4, -0.2) is 69.3 Å². The molecule has 2 amide bonds. The lowest BCUT2D eigenvalue weighted by molar-refractivity contribution is 0.139. The van der Waals surface area contributed by atoms with E-state index >= 15 is 0 Å². The molecule has 1 N–H and O–H groups in total. The number of hydrogen-bond acceptors (Lipinski definition) is 4. The second-order valence-electron chi connectivity index (χ2n) is 5.96. The van der Waals surface area contributed by atoms with Crippen LogP contribution in [0.4, 0.5) is 4.79 Å². The van der Waals surface area contributed by atoms with E-state index in [1.54, 1.807) is 7.11 Å². The molecule has 0 radical (unpaired) electrons. The van der Waals surface area contributed by atoms with Gasteiger partial charge in [0, 0.05) is 19.1 Å². The van der Waals surface area contributed by atoms with Crippen LogP contribution in [0.1, 0.15) is 12.8 Å². The zero-order chi connectivity index (χ0) is 16.7. The minimum Gasteiger partial charge on any atom is -0.497 e. The molecule has 1 atom stereocenters. The summed E-state index contributed by atoms with van der Waals surface area (Å²) in [5, 5.41) is 2.92. The fraction of sp³-hybridized carbons (Fsp3) is 0.588. The highest BCUT2D eigenvalue weighted by Gasteiger charge is 2.24. The van der Waals surface area contributed by atoms with Gasteiger partial charge in [-0.1, -0.05) is 0 Å². The average molecular weight is 321 g/mol. The van der Waals surface area contributed by atoms with Gasteiger partial charge in [0.1, 0.15) is 18.1 Å². The Morgan fingerprint density at radius 1 is 1.30 bits per heavy atom. The molecule has 0 aromatic heterocycles. The van der Waals surface area contributed by atoms with Gasteiger partial charge in [0.2, 0.25) is 0 Å². The van der Waals surface area contributed by atoms with Gasteiger partial charge in [-0.25, -0.2) is 4.79 Å². The van der Waals surface area contributed by atoms with E-state index in [9.17, 15) is 4.79 Å². The van der Waals surface area contributed by atoms with Crippen LogP contribution >= 0.6 is 0 Å². The lowest BCUT2D eigenvalue weighted by Crippen LogP contribution is -2.51. The third-order valence-corrected chi connectivity index (χ3v) is 4.12. The van der Waals surface area contributed by atoms with E-state index in [0.29, 0.717) is 19.2 Å². The van der Waals surface area contributed by atoms with Crippen molar-refractivity contribution in [2.24, 2.45) is 0 Å². The highest BCUT2D eigenvalue weighted by Crippen LogP contribution is 2.17. The van der Waals surface area contributed by atoms with E-state index in [4.69, 9.17) is 9.47 Å². The summed E-state index contributed by atoms with van der Waals surface area (Å²) in [6.45, 7) is 2.56. The predicted molar refractivity (Wildman–Crippen MR) is 90.2 cm³/mol. The second-order valence-corrected chi connectivity index (χ2v) is 5.96. The largest absolute Gasteiger partial charge is 0.497 e. The molecule has 6 heteroatoms. The van der Waals surface area contributed by atoms with E-state index in [1.165, 1.54) is 0 Å². The molecule has 0 saturated carbocycles. The van der Waals surface area contributed by atoms with E-state index in [1.807, 2.05) is 29.2 Å². The van der Waals surface area contributed by atoms with Crippen LogP contribution in [0.25, 0.3) is 0 Å². The van der Waals surface area contributed by atoms with Gasteiger partial charge in [-0.3, -0.25) is 0 Å². The Hall–Kier alpha value is -1.95. The van der Waals surface area contributed by atoms with Gasteiger partial charge in [0.05, 0.1) is 13.7 Å². The summed E-state index contributed by atoms with van der Waals surface area (Å²) < 4.78 is 10.7. The molecule has 1 aliphatic heterocycles. The number of amides is 2. The standard InChI is InChI=1S/C17H27N3O3/c1-19(2)14-5-4-11-20(13-14)17(21)18-10-12-23-16-8-6-15(22-3)7-9-16/h6-9,14H,4-5,10-13H2,1-3H3,(H,18,21)/t14-/m0/s1. The van der Waals surface area contributed by atoms with Crippen molar-refractivity contribution in [1.29, 1.82) is 0 Å². The van der Waals surface area contributed by atoms with Gasteiger partial charge in [-0.15, -0.1) is 0 Å². The fourth-order valence-corrected chi connectivity index (χ4v) is 2.67. The molecule has 0 bridgehead atoms. The van der Waals surface area contributed by atoms with Gasteiger partial charge >= 0.3 is 6.03 Å². The number of hydrogen-bond donors (Lipinski definition) is 1. The third kappa shape index (κ3) is 5.32. The van der Waals surface area contributed by atoms with E-state index in [-0.39, 0.29) is 6.03 Å². The van der Waals surface area contributed by atoms with Crippen molar-refractivity contribution in [1.82, 2.24) is 15.1 Å². The summed E-state index contributed by atoms with van der Waals surface area (Å²) in [5.74, 6) is 1.57. The van der Waals surface area contributed by atoms with E-state index in [2.05, 4.69) is 24.3 Å². The van der Waals surface area contributed by atoms with Crippen LogP contribution in [0.15, 0.2) is 24.3 Å². The lowest BCUT2D eigenvalue weighted by atomic mass is 10.1. The number of benzene rings is 1. The molecule has 1 heterocycles. The van der Waals surface area contributed by atoms with Gasteiger partial charge in [0.15, 0.2) is 0 Å². The Kier molecular flexibility index (Phi) is 6.52. The minimum atomic E-state index is -0.00474. The number of nitrogens with one attached hydrogen (secondary N) is 1. The Labute approximate surface area is 138 Å². The molecule has 1 aromatic carbocycles. The molecule has 0 unspecified atom stereocenters. The smallest absolute Gasteiger partial charge is 0.317 e. The maximum atomic E-state index is 12.2. The number of carbonyl (C=O) groups is 1. The Balaban J connectivity index is 1.68. The maximum absolute atomic E-state index is 12.2. The molecular weight excluding hydrogens is 294 g/mol. The predicted octanol–water partition coefficient (Wildman–Crippen LogP) is 1.81. The second kappa shape index (κ2) is 8.62. The molecule has 0 aliphatic carbocycles. The lowest BCUT2D eigenvalue weighted by Gasteiger charge is -2.36. The van der Waals surface area contributed by atoms with Crippen molar-refractivity contribution in [3.05, 3.63) is 24.3 Å². The first kappa shape index (κ1) is 17.4. The number of rotatable bonds is 6. The number of likely N-dealkylation sites (N-methyl/N-ethyl adjacent to an activating group) is 1. The molecule has 0 spiro atoms. The first-order chi connectivity index (χ1) is 11.1. The summed E-state index contributed by atoms with van der Waals surface area (Å²) in [5.41, 5.74) is 0. The Bertz CT molecular complexity index is 490. The highest BCUT2D eigenvalue weighted by atomic mass is 16.5. The van der Waals surface area contributed by atoms with Crippen molar-refractivity contribution < 1.29 is 14.3 Å². The number of ether oxygens (including phenoxy) is 2. The monoisotopic (exact) mass is 321 g/mol. The summed E-state index contributed by atoms with van der Waals surface area (Å²) in [6, 6.07) is 7.85. The van der Waals surface area contributed by atoms with Crippen LogP contribution in [0, 0.1) is 0 Å². The number of carbonyl (C=O) groups excluding carboxylic acids is 1. The number of piperidine rings is 1. The third-order valence-electron chi connectivity index (χ3n) is 4.12. The number of urea groups is 1. The van der Waals surface area contributed by atoms with Crippen molar-refractivity contribution in [3.8, 4) is 11.5 Å². The first-order valence-corrected chi connectivity index (χ1v) is 8.06. The number of nitrogens with zero attached hydrogens (tertiary/aromatic N) is 2. The summed E-state index contributed by atoms with van der Waals surface area (Å²) in [7, 11) is 5.76. The summed E-state index contributed by atoms with van der Waals surface area (Å²) >= 11 is 0. The topological polar surface area (TPSA) is 54.0 Å². The molecule has 6 nitrogen and oxygen atoms in total. The van der Waals surface area contributed by atoms with Gasteiger partial charge < -0.3 is 24.6 Å². The van der Waals surface area contributed by atoms with E-state index < -0.39 is 0 Å². The first-order valence-electron chi connectivity index (χ1n) is 8.06. The molecule has 1 fully saturated rings. The maximum Gasteiger partial charge on any atom is 0.317 e. The zero-order valence-electron chi connectivity index (χ0n) is 14.2. The zero-order valence-corrected chi connectivity index (χ0v) is 14.2. The molecule has 128 valence electrons. The number of likely N-dealkylation sites (tertiary alicyclic amines) is 1. The highest BCUT2D eigenvalue weighted by molar-refractivity contribution is 5.74. The van der Waals surface area contributed by atoms with Crippen LogP contribution in [0.5, 0.6) is 11.5 Å². The Morgan fingerprint density at radius 2 is 2.00 bits per heavy atom. The van der Waals surface area contributed by atoms with Crippen LogP contribution < -0.4 is 14.8 Å². The molecular formula is C17H27N3O3. The normalized spacial score (nSPS) is 17.9. The van der Waals surface area contributed by atoms with Crippen LogP contribution in [0.2, 0.25) is 0 Å². The molecule has 23 heavy (non-hydrogen) atoms. The fourth-order valence-electron chi connectivity index (χ4n) is 2.67. The van der Waals surface area contributed by atoms with Crippen molar-refractivity contribution >= 4 is 6.03 Å². The molecule has 2 rings (SSSR count). The van der Waals surface area contributed by atoms with E-state index in [0.717, 1.165) is 37.4 Å². The van der Waals surface area contributed by atoms with Gasteiger partial charge in [0.25, 0.3) is 0 Å².